The molecule has 0 bridgehead atoms. The number of allylic oxidation sites excluding steroid dienone is 1. The molecule has 0 unspecified atom stereocenters. The van der Waals surface area contributed by atoms with Crippen molar-refractivity contribution in [2.75, 3.05) is 0 Å². The van der Waals surface area contributed by atoms with Gasteiger partial charge in [0.2, 0.25) is 0 Å². The zero-order valence-electron chi connectivity index (χ0n) is 17.8. The van der Waals surface area contributed by atoms with Gasteiger partial charge >= 0.3 is 0 Å². The molecule has 0 aromatic heterocycles. The predicted molar refractivity (Wildman–Crippen MR) is 141 cm³/mol. The molecule has 33 heavy (non-hydrogen) atoms. The van der Waals surface area contributed by atoms with Crippen LogP contribution in [0.15, 0.2) is 121 Å². The number of rotatable bonds is 6. The summed E-state index contributed by atoms with van der Waals surface area (Å²) < 4.78 is 0. The lowest BCUT2D eigenvalue weighted by Gasteiger charge is -2.29. The van der Waals surface area contributed by atoms with Crippen molar-refractivity contribution >= 4 is 51.6 Å². The van der Waals surface area contributed by atoms with Gasteiger partial charge in [0.1, 0.15) is 11.4 Å². The van der Waals surface area contributed by atoms with E-state index in [4.69, 9.17) is 11.6 Å². The summed E-state index contributed by atoms with van der Waals surface area (Å²) in [4.78, 5) is 13.6. The van der Waals surface area contributed by atoms with Crippen LogP contribution in [0.5, 0.6) is 0 Å². The molecule has 0 radical (unpaired) electrons. The second-order valence-corrected chi connectivity index (χ2v) is 11.2. The number of hydrogen-bond donors (Lipinski definition) is 0. The molecule has 4 rings (SSSR count). The van der Waals surface area contributed by atoms with Gasteiger partial charge in [-0.05, 0) is 46.6 Å². The van der Waals surface area contributed by atoms with Crippen LogP contribution in [0.25, 0.3) is 6.08 Å². The number of nitriles is 1. The molecule has 0 atom stereocenters. The van der Waals surface area contributed by atoms with Crippen LogP contribution in [0.3, 0.4) is 0 Å². The fourth-order valence-corrected chi connectivity index (χ4v) is 8.23. The molecular formula is C29H21ClNOP. The Bertz CT molecular complexity index is 1280. The van der Waals surface area contributed by atoms with E-state index in [-0.39, 0.29) is 11.1 Å². The van der Waals surface area contributed by atoms with Gasteiger partial charge in [0.05, 0.1) is 0 Å². The Hall–Kier alpha value is -3.63. The molecule has 4 heteroatoms. The normalized spacial score (nSPS) is 11.2. The Morgan fingerprint density at radius 1 is 0.727 bits per heavy atom. The summed E-state index contributed by atoms with van der Waals surface area (Å²) in [6.07, 6.45) is 3.19. The average Bonchev–Trinajstić information content (AvgIpc) is 2.87. The van der Waals surface area contributed by atoms with E-state index in [2.05, 4.69) is 6.07 Å². The van der Waals surface area contributed by atoms with Gasteiger partial charge in [0, 0.05) is 5.02 Å². The first-order valence-corrected chi connectivity index (χ1v) is 12.6. The van der Waals surface area contributed by atoms with Crippen LogP contribution in [-0.4, -0.2) is 11.1 Å². The van der Waals surface area contributed by atoms with E-state index in [0.29, 0.717) is 5.02 Å². The van der Waals surface area contributed by atoms with Crippen molar-refractivity contribution in [2.45, 2.75) is 0 Å². The summed E-state index contributed by atoms with van der Waals surface area (Å²) in [7, 11) is 0. The highest BCUT2D eigenvalue weighted by atomic mass is 35.5. The van der Waals surface area contributed by atoms with Gasteiger partial charge in [-0.3, -0.25) is 4.79 Å². The largest absolute Gasteiger partial charge is 0.288 e. The van der Waals surface area contributed by atoms with Crippen molar-refractivity contribution in [1.82, 2.24) is 0 Å². The molecule has 0 saturated heterocycles. The molecule has 0 aliphatic heterocycles. The number of ketones is 1. The summed E-state index contributed by atoms with van der Waals surface area (Å²) in [5.74, 6) is -0.303. The van der Waals surface area contributed by atoms with E-state index in [1.165, 1.54) is 6.08 Å². The predicted octanol–water partition coefficient (Wildman–Crippen LogP) is 5.61. The Morgan fingerprint density at radius 2 is 1.21 bits per heavy atom. The molecule has 0 heterocycles. The van der Waals surface area contributed by atoms with E-state index in [1.807, 2.05) is 103 Å². The highest BCUT2D eigenvalue weighted by Crippen LogP contribution is 2.46. The molecule has 0 amide bonds. The molecule has 0 aliphatic rings. The first kappa shape index (κ1) is 22.6. The van der Waals surface area contributed by atoms with Crippen LogP contribution in [0.4, 0.5) is 0 Å². The van der Waals surface area contributed by atoms with Crippen LogP contribution in [0.2, 0.25) is 5.02 Å². The van der Waals surface area contributed by atoms with Gasteiger partial charge in [-0.1, -0.05) is 121 Å². The molecule has 160 valence electrons. The third-order valence-corrected chi connectivity index (χ3v) is 9.83. The van der Waals surface area contributed by atoms with Gasteiger partial charge in [0.25, 0.3) is 0 Å². The van der Waals surface area contributed by atoms with Gasteiger partial charge in [-0.2, -0.15) is 5.26 Å². The Balaban J connectivity index is 2.06. The zero-order chi connectivity index (χ0) is 23.1. The molecule has 0 aliphatic carbocycles. The van der Waals surface area contributed by atoms with Gasteiger partial charge in [-0.15, -0.1) is 0 Å². The molecule has 0 saturated carbocycles. The number of hydrogen-bond acceptors (Lipinski definition) is 2. The van der Waals surface area contributed by atoms with Crippen molar-refractivity contribution in [3.05, 3.63) is 132 Å². The van der Waals surface area contributed by atoms with E-state index in [0.717, 1.165) is 21.5 Å². The maximum absolute atomic E-state index is 13.6. The first-order valence-electron chi connectivity index (χ1n) is 10.5. The highest BCUT2D eigenvalue weighted by Gasteiger charge is 2.32. The van der Waals surface area contributed by atoms with Crippen LogP contribution < -0.4 is 15.9 Å². The third kappa shape index (κ3) is 4.62. The molecule has 0 spiro atoms. The second kappa shape index (κ2) is 10.3. The molecule has 2 nitrogen and oxygen atoms in total. The number of nitrogens with zero attached hydrogens (tertiary/aromatic N) is 1. The monoisotopic (exact) mass is 465 g/mol. The van der Waals surface area contributed by atoms with Gasteiger partial charge in [0.15, 0.2) is 5.78 Å². The molecule has 4 aromatic rings. The quantitative estimate of drug-likeness (QED) is 0.274. The topological polar surface area (TPSA) is 40.9 Å². The Labute approximate surface area is 199 Å². The van der Waals surface area contributed by atoms with E-state index >= 15 is 0 Å². The van der Waals surface area contributed by atoms with Crippen molar-refractivity contribution in [3.63, 3.8) is 0 Å². The number of carbonyl (C=O) groups excluding carboxylic acids is 1. The fourth-order valence-electron chi connectivity index (χ4n) is 3.95. The minimum Gasteiger partial charge on any atom is -0.288 e. The standard InChI is InChI=1S/C29H21ClNOP/c30-24-12-10-11-23(21-24)19-20-28(32)29(22-31)33(25-13-4-1-5-14-25,26-15-6-2-7-16-26)27-17-8-3-9-18-27/h1-21H/b20-19+. The minimum absolute atomic E-state index is 0.240. The summed E-state index contributed by atoms with van der Waals surface area (Å²) in [6.45, 7) is -2.72. The van der Waals surface area contributed by atoms with Crippen molar-refractivity contribution in [3.8, 4) is 6.07 Å². The molecule has 4 aromatic carbocycles. The number of halogens is 1. The van der Waals surface area contributed by atoms with Crippen LogP contribution in [0, 0.1) is 11.3 Å². The fraction of sp³-hybridized carbons (Fsp3) is 0. The molecular weight excluding hydrogens is 445 g/mol. The number of carbonyl (C=O) groups is 1. The maximum atomic E-state index is 13.6. The highest BCUT2D eigenvalue weighted by molar-refractivity contribution is 7.97. The Morgan fingerprint density at radius 3 is 1.64 bits per heavy atom. The smallest absolute Gasteiger partial charge is 0.197 e. The summed E-state index contributed by atoms with van der Waals surface area (Å²) in [5, 5.41) is 14.1. The van der Waals surface area contributed by atoms with Gasteiger partial charge in [-0.25, -0.2) is 0 Å². The lowest BCUT2D eigenvalue weighted by molar-refractivity contribution is -0.108. The van der Waals surface area contributed by atoms with Crippen molar-refractivity contribution in [1.29, 1.82) is 5.26 Å². The van der Waals surface area contributed by atoms with Crippen LogP contribution in [-0.2, 0) is 4.79 Å². The van der Waals surface area contributed by atoms with E-state index in [9.17, 15) is 10.1 Å². The lowest BCUT2D eigenvalue weighted by atomic mass is 10.2. The molecule has 0 fully saturated rings. The zero-order valence-corrected chi connectivity index (χ0v) is 19.5. The SMILES string of the molecule is N#CC(C(=O)/C=C/c1cccc(Cl)c1)=P(c1ccccc1)(c1ccccc1)c1ccccc1. The second-order valence-electron chi connectivity index (χ2n) is 7.39. The van der Waals surface area contributed by atoms with E-state index in [1.54, 1.807) is 18.2 Å². The first-order chi connectivity index (χ1) is 16.2. The average molecular weight is 466 g/mol. The number of benzene rings is 4. The summed E-state index contributed by atoms with van der Waals surface area (Å²) in [5.41, 5.74) is 0.802. The van der Waals surface area contributed by atoms with Crippen molar-refractivity contribution in [2.24, 2.45) is 0 Å². The lowest BCUT2D eigenvalue weighted by Crippen LogP contribution is -2.32. The van der Waals surface area contributed by atoms with Crippen LogP contribution >= 0.6 is 18.5 Å². The Kier molecular flexibility index (Phi) is 7.06. The molecule has 0 N–H and O–H groups in total. The third-order valence-electron chi connectivity index (χ3n) is 5.38. The minimum atomic E-state index is -2.72. The van der Waals surface area contributed by atoms with Gasteiger partial charge < -0.3 is 0 Å². The summed E-state index contributed by atoms with van der Waals surface area (Å²) >= 11 is 6.09. The maximum Gasteiger partial charge on any atom is 0.197 e. The van der Waals surface area contributed by atoms with Crippen molar-refractivity contribution < 1.29 is 4.79 Å². The summed E-state index contributed by atoms with van der Waals surface area (Å²) in [6, 6.07) is 39.2. The van der Waals surface area contributed by atoms with E-state index < -0.39 is 6.89 Å². The van der Waals surface area contributed by atoms with Crippen LogP contribution in [0.1, 0.15) is 5.56 Å².